The Morgan fingerprint density at radius 3 is 1.71 bits per heavy atom. The second-order valence-corrected chi connectivity index (χ2v) is 5.47. The molecule has 0 atom stereocenters. The largest absolute Gasteiger partial charge is 0.312 e. The summed E-state index contributed by atoms with van der Waals surface area (Å²) >= 11 is 0. The molecule has 2 aromatic carbocycles. The van der Waals surface area contributed by atoms with Gasteiger partial charge >= 0.3 is 0 Å². The maximum absolute atomic E-state index is 5.79. The quantitative estimate of drug-likeness (QED) is 0.846. The minimum atomic E-state index is -0.411. The van der Waals surface area contributed by atoms with Crippen molar-refractivity contribution in [3.63, 3.8) is 0 Å². The lowest BCUT2D eigenvalue weighted by Gasteiger charge is -2.34. The summed E-state index contributed by atoms with van der Waals surface area (Å²) in [5, 5.41) is 0. The summed E-state index contributed by atoms with van der Waals surface area (Å²) in [7, 11) is 0. The number of rotatable bonds is 3. The first-order chi connectivity index (χ1) is 10.2. The van der Waals surface area contributed by atoms with Crippen LogP contribution in [-0.2, 0) is 5.41 Å². The van der Waals surface area contributed by atoms with E-state index >= 15 is 0 Å². The third-order valence-electron chi connectivity index (χ3n) is 4.18. The molecule has 0 saturated carbocycles. The summed E-state index contributed by atoms with van der Waals surface area (Å²) in [6, 6.07) is 21.2. The number of nitrogens with two attached hydrogens (primary N) is 2. The predicted octanol–water partition coefficient (Wildman–Crippen LogP) is 3.10. The maximum atomic E-state index is 5.79. The smallest absolute Gasteiger partial charge is 0.0781 e. The fourth-order valence-corrected chi connectivity index (χ4v) is 2.97. The Hall–Kier alpha value is -2.16. The minimum Gasteiger partial charge on any atom is -0.312 e. The molecule has 0 aromatic heterocycles. The van der Waals surface area contributed by atoms with E-state index in [4.69, 9.17) is 11.5 Å². The van der Waals surface area contributed by atoms with Crippen LogP contribution in [0.25, 0.3) is 0 Å². The lowest BCUT2D eigenvalue weighted by atomic mass is 9.69. The molecule has 1 aliphatic rings. The van der Waals surface area contributed by atoms with E-state index in [0.29, 0.717) is 0 Å². The zero-order valence-electron chi connectivity index (χ0n) is 11.9. The monoisotopic (exact) mass is 276 g/mol. The Kier molecular flexibility index (Phi) is 3.74. The fraction of sp³-hybridized carbons (Fsp3) is 0.158. The molecule has 106 valence electrons. The average molecular weight is 276 g/mol. The summed E-state index contributed by atoms with van der Waals surface area (Å²) in [4.78, 5) is 0. The van der Waals surface area contributed by atoms with Crippen LogP contribution in [0, 0.1) is 0 Å². The molecule has 21 heavy (non-hydrogen) atoms. The van der Waals surface area contributed by atoms with Crippen LogP contribution in [0.15, 0.2) is 84.5 Å². The SMILES string of the molecule is NC(N)C1=CCC(c2ccccc2)(c2ccccc2)C=C1. The van der Waals surface area contributed by atoms with Gasteiger partial charge in [0.25, 0.3) is 0 Å². The van der Waals surface area contributed by atoms with Crippen molar-refractivity contribution in [3.8, 4) is 0 Å². The second-order valence-electron chi connectivity index (χ2n) is 5.47. The molecule has 0 amide bonds. The fourth-order valence-electron chi connectivity index (χ4n) is 2.97. The van der Waals surface area contributed by atoms with Gasteiger partial charge in [-0.15, -0.1) is 0 Å². The van der Waals surface area contributed by atoms with Crippen LogP contribution < -0.4 is 11.5 Å². The van der Waals surface area contributed by atoms with E-state index in [-0.39, 0.29) is 5.41 Å². The molecule has 2 aromatic rings. The van der Waals surface area contributed by atoms with Gasteiger partial charge in [-0.25, -0.2) is 0 Å². The third-order valence-corrected chi connectivity index (χ3v) is 4.18. The highest BCUT2D eigenvalue weighted by atomic mass is 14.8. The number of allylic oxidation sites excluding steroid dienone is 2. The average Bonchev–Trinajstić information content (AvgIpc) is 2.56. The van der Waals surface area contributed by atoms with Gasteiger partial charge in [-0.3, -0.25) is 0 Å². The van der Waals surface area contributed by atoms with Crippen LogP contribution in [0.3, 0.4) is 0 Å². The standard InChI is InChI=1S/C19H20N2/c20-18(21)15-11-13-19(14-12-15,16-7-3-1-4-8-16)17-9-5-2-6-10-17/h1-13,18H,14,20-21H2. The van der Waals surface area contributed by atoms with Gasteiger partial charge < -0.3 is 11.5 Å². The van der Waals surface area contributed by atoms with E-state index in [9.17, 15) is 0 Å². The first-order valence-corrected chi connectivity index (χ1v) is 7.24. The van der Waals surface area contributed by atoms with Crippen LogP contribution in [0.5, 0.6) is 0 Å². The molecule has 0 heterocycles. The first kappa shape index (κ1) is 13.8. The summed E-state index contributed by atoms with van der Waals surface area (Å²) in [5.74, 6) is 0. The molecule has 0 spiro atoms. The Labute approximate surface area is 125 Å². The zero-order chi connectivity index (χ0) is 14.7. The van der Waals surface area contributed by atoms with Crippen molar-refractivity contribution in [2.75, 3.05) is 0 Å². The van der Waals surface area contributed by atoms with Crippen LogP contribution in [0.2, 0.25) is 0 Å². The van der Waals surface area contributed by atoms with Crippen molar-refractivity contribution >= 4 is 0 Å². The van der Waals surface area contributed by atoms with E-state index in [1.165, 1.54) is 11.1 Å². The van der Waals surface area contributed by atoms with Gasteiger partial charge in [0, 0.05) is 5.41 Å². The molecular weight excluding hydrogens is 256 g/mol. The van der Waals surface area contributed by atoms with Crippen molar-refractivity contribution in [3.05, 3.63) is 95.6 Å². The molecule has 2 nitrogen and oxygen atoms in total. The van der Waals surface area contributed by atoms with Crippen molar-refractivity contribution in [2.24, 2.45) is 11.5 Å². The molecule has 1 aliphatic carbocycles. The Morgan fingerprint density at radius 1 is 0.810 bits per heavy atom. The van der Waals surface area contributed by atoms with E-state index in [1.54, 1.807) is 0 Å². The molecule has 0 aliphatic heterocycles. The van der Waals surface area contributed by atoms with Gasteiger partial charge in [-0.1, -0.05) is 78.9 Å². The van der Waals surface area contributed by atoms with E-state index in [1.807, 2.05) is 12.1 Å². The van der Waals surface area contributed by atoms with Gasteiger partial charge in [0.05, 0.1) is 6.17 Å². The van der Waals surface area contributed by atoms with Gasteiger partial charge in [-0.2, -0.15) is 0 Å². The van der Waals surface area contributed by atoms with Crippen LogP contribution in [0.4, 0.5) is 0 Å². The molecule has 0 fully saturated rings. The summed E-state index contributed by atoms with van der Waals surface area (Å²) < 4.78 is 0. The van der Waals surface area contributed by atoms with Crippen LogP contribution in [0.1, 0.15) is 17.5 Å². The molecule has 0 saturated heterocycles. The summed E-state index contributed by atoms with van der Waals surface area (Å²) in [5.41, 5.74) is 15.0. The molecule has 3 rings (SSSR count). The first-order valence-electron chi connectivity index (χ1n) is 7.24. The molecular formula is C19H20N2. The van der Waals surface area contributed by atoms with E-state index in [2.05, 4.69) is 66.8 Å². The van der Waals surface area contributed by atoms with E-state index in [0.717, 1.165) is 12.0 Å². The van der Waals surface area contributed by atoms with Crippen molar-refractivity contribution in [1.82, 2.24) is 0 Å². The van der Waals surface area contributed by atoms with Crippen LogP contribution in [-0.4, -0.2) is 6.17 Å². The number of benzene rings is 2. The van der Waals surface area contributed by atoms with Crippen molar-refractivity contribution in [1.29, 1.82) is 0 Å². The van der Waals surface area contributed by atoms with Gasteiger partial charge in [0.15, 0.2) is 0 Å². The highest BCUT2D eigenvalue weighted by Crippen LogP contribution is 2.40. The predicted molar refractivity (Wildman–Crippen MR) is 87.7 cm³/mol. The van der Waals surface area contributed by atoms with E-state index < -0.39 is 6.17 Å². The maximum Gasteiger partial charge on any atom is 0.0781 e. The Balaban J connectivity index is 2.09. The van der Waals surface area contributed by atoms with Crippen LogP contribution >= 0.6 is 0 Å². The van der Waals surface area contributed by atoms with Gasteiger partial charge in [0.1, 0.15) is 0 Å². The lowest BCUT2D eigenvalue weighted by molar-refractivity contribution is 0.635. The third kappa shape index (κ3) is 2.56. The number of hydrogen-bond acceptors (Lipinski definition) is 2. The number of hydrogen-bond donors (Lipinski definition) is 2. The topological polar surface area (TPSA) is 52.0 Å². The van der Waals surface area contributed by atoms with Crippen molar-refractivity contribution in [2.45, 2.75) is 18.0 Å². The molecule has 0 bridgehead atoms. The summed E-state index contributed by atoms with van der Waals surface area (Å²) in [6.07, 6.45) is 6.92. The molecule has 0 unspecified atom stereocenters. The highest BCUT2D eigenvalue weighted by molar-refractivity contribution is 5.49. The Bertz CT molecular complexity index is 615. The summed E-state index contributed by atoms with van der Waals surface area (Å²) in [6.45, 7) is 0. The van der Waals surface area contributed by atoms with Crippen molar-refractivity contribution < 1.29 is 0 Å². The highest BCUT2D eigenvalue weighted by Gasteiger charge is 2.32. The Morgan fingerprint density at radius 2 is 1.33 bits per heavy atom. The molecule has 2 heteroatoms. The van der Waals surface area contributed by atoms with Gasteiger partial charge in [-0.05, 0) is 23.1 Å². The second kappa shape index (κ2) is 5.68. The lowest BCUT2D eigenvalue weighted by Crippen LogP contribution is -2.34. The molecule has 4 N–H and O–H groups in total. The molecule has 0 radical (unpaired) electrons. The van der Waals surface area contributed by atoms with Gasteiger partial charge in [0.2, 0.25) is 0 Å². The normalized spacial score (nSPS) is 16.8. The zero-order valence-corrected chi connectivity index (χ0v) is 11.9. The minimum absolute atomic E-state index is 0.138.